The normalized spacial score (nSPS) is 14.6. The van der Waals surface area contributed by atoms with E-state index in [4.69, 9.17) is 0 Å². The predicted molar refractivity (Wildman–Crippen MR) is 199 cm³/mol. The van der Waals surface area contributed by atoms with Gasteiger partial charge < -0.3 is 9.47 Å². The Balaban J connectivity index is 1.13. The molecule has 232 valence electrons. The van der Waals surface area contributed by atoms with Gasteiger partial charge in [0.25, 0.3) is 0 Å². The Morgan fingerprint density at radius 3 is 1.83 bits per heavy atom. The molecule has 0 fully saturated rings. The van der Waals surface area contributed by atoms with Crippen LogP contribution in [0.2, 0.25) is 0 Å². The van der Waals surface area contributed by atoms with E-state index in [-0.39, 0.29) is 11.2 Å². The molecule has 9 rings (SSSR count). The zero-order chi connectivity index (χ0) is 32.4. The number of fused-ring (bicyclic) bond motifs is 6. The largest absolute Gasteiger partial charge is 0.311 e. The van der Waals surface area contributed by atoms with E-state index in [9.17, 15) is 4.39 Å². The van der Waals surface area contributed by atoms with Gasteiger partial charge in [0.1, 0.15) is 5.82 Å². The Hall–Kier alpha value is -5.67. The van der Waals surface area contributed by atoms with Crippen LogP contribution >= 0.6 is 0 Å². The summed E-state index contributed by atoms with van der Waals surface area (Å²) in [6.45, 7) is 4.72. The first-order chi connectivity index (χ1) is 23.5. The second kappa shape index (κ2) is 11.0. The van der Waals surface area contributed by atoms with Crippen molar-refractivity contribution < 1.29 is 4.39 Å². The van der Waals surface area contributed by atoms with Crippen LogP contribution in [0.4, 0.5) is 15.8 Å². The lowest BCUT2D eigenvalue weighted by Crippen LogP contribution is -2.19. The van der Waals surface area contributed by atoms with Crippen molar-refractivity contribution in [2.45, 2.75) is 32.1 Å². The Bertz CT molecular complexity index is 2370. The molecule has 0 spiro atoms. The molecule has 0 saturated heterocycles. The molecule has 0 aliphatic heterocycles. The van der Waals surface area contributed by atoms with Crippen LogP contribution in [0.1, 0.15) is 37.8 Å². The topological polar surface area (TPSA) is 8.17 Å². The summed E-state index contributed by atoms with van der Waals surface area (Å²) < 4.78 is 16.0. The third-order valence-corrected chi connectivity index (χ3v) is 10.3. The summed E-state index contributed by atoms with van der Waals surface area (Å²) in [5.74, 6) is -0.220. The summed E-state index contributed by atoms with van der Waals surface area (Å²) in [6.07, 6.45) is 8.91. The molecule has 2 aliphatic carbocycles. The third-order valence-electron chi connectivity index (χ3n) is 10.3. The molecule has 1 aromatic heterocycles. The number of aromatic nitrogens is 1. The van der Waals surface area contributed by atoms with Gasteiger partial charge in [0, 0.05) is 38.9 Å². The van der Waals surface area contributed by atoms with Crippen LogP contribution in [0.5, 0.6) is 0 Å². The summed E-state index contributed by atoms with van der Waals surface area (Å²) in [5.41, 5.74) is 14.2. The molecular weight excluding hydrogens is 588 g/mol. The Morgan fingerprint density at radius 2 is 1.19 bits per heavy atom. The van der Waals surface area contributed by atoms with Crippen LogP contribution in [0.3, 0.4) is 0 Å². The van der Waals surface area contributed by atoms with Crippen molar-refractivity contribution in [1.82, 2.24) is 4.57 Å². The lowest BCUT2D eigenvalue weighted by Gasteiger charge is -2.30. The van der Waals surface area contributed by atoms with Crippen LogP contribution in [0, 0.1) is 5.82 Å². The van der Waals surface area contributed by atoms with E-state index in [0.29, 0.717) is 0 Å². The molecule has 2 nitrogen and oxygen atoms in total. The second-order valence-electron chi connectivity index (χ2n) is 13.5. The predicted octanol–water partition coefficient (Wildman–Crippen LogP) is 12.3. The van der Waals surface area contributed by atoms with E-state index in [1.165, 1.54) is 67.6 Å². The number of para-hydroxylation sites is 2. The highest BCUT2D eigenvalue weighted by Gasteiger charge is 2.36. The van der Waals surface area contributed by atoms with Gasteiger partial charge in [-0.15, -0.1) is 0 Å². The Kier molecular flexibility index (Phi) is 6.52. The van der Waals surface area contributed by atoms with E-state index in [1.54, 1.807) is 0 Å². The van der Waals surface area contributed by atoms with E-state index < -0.39 is 0 Å². The maximum Gasteiger partial charge on any atom is 0.123 e. The standard InChI is InChI=1S/C45H35FN2/c1-45(2)41-28-35(47(33-10-4-3-5-11-33)34-22-18-31(19-23-34)30-16-20-32(46)21-17-30)24-26-37(41)38-27-25-36(29-42(38)45)48-43-14-8-6-12-39(43)40-13-7-9-15-44(40)48/h4,6-29H,3,5H2,1-2H3. The Labute approximate surface area is 280 Å². The highest BCUT2D eigenvalue weighted by molar-refractivity contribution is 6.09. The molecule has 0 amide bonds. The van der Waals surface area contributed by atoms with Crippen molar-refractivity contribution in [3.63, 3.8) is 0 Å². The number of halogens is 1. The number of benzene rings is 6. The number of rotatable bonds is 5. The van der Waals surface area contributed by atoms with Gasteiger partial charge in [-0.25, -0.2) is 4.39 Å². The summed E-state index contributed by atoms with van der Waals surface area (Å²) in [4.78, 5) is 2.37. The molecule has 3 heteroatoms. The first kappa shape index (κ1) is 28.5. The van der Waals surface area contributed by atoms with Gasteiger partial charge in [0.2, 0.25) is 0 Å². The second-order valence-corrected chi connectivity index (χ2v) is 13.5. The first-order valence-corrected chi connectivity index (χ1v) is 16.8. The zero-order valence-electron chi connectivity index (χ0n) is 27.1. The van der Waals surface area contributed by atoms with Gasteiger partial charge in [-0.05, 0) is 113 Å². The molecule has 0 saturated carbocycles. The molecule has 6 aromatic carbocycles. The van der Waals surface area contributed by atoms with Crippen molar-refractivity contribution in [2.24, 2.45) is 0 Å². The minimum absolute atomic E-state index is 0.190. The van der Waals surface area contributed by atoms with Gasteiger partial charge in [-0.3, -0.25) is 0 Å². The lowest BCUT2D eigenvalue weighted by molar-refractivity contribution is 0.628. The molecule has 0 bridgehead atoms. The highest BCUT2D eigenvalue weighted by Crippen LogP contribution is 2.51. The SMILES string of the molecule is CC1(C)c2cc(N(C3=CCCC=C3)c3ccc(-c4ccc(F)cc4)cc3)ccc2-c2ccc(-n3c4ccccc4c4ccccc43)cc21. The maximum atomic E-state index is 13.6. The monoisotopic (exact) mass is 622 g/mol. The first-order valence-electron chi connectivity index (χ1n) is 16.8. The number of hydrogen-bond donors (Lipinski definition) is 0. The quantitative estimate of drug-likeness (QED) is 0.185. The van der Waals surface area contributed by atoms with Gasteiger partial charge in [-0.1, -0.05) is 98.8 Å². The smallest absolute Gasteiger partial charge is 0.123 e. The van der Waals surface area contributed by atoms with Gasteiger partial charge in [0.05, 0.1) is 11.0 Å². The van der Waals surface area contributed by atoms with Crippen molar-refractivity contribution in [2.75, 3.05) is 4.90 Å². The molecule has 0 N–H and O–H groups in total. The average Bonchev–Trinajstić information content (AvgIpc) is 3.58. The number of hydrogen-bond acceptors (Lipinski definition) is 1. The fraction of sp³-hybridized carbons (Fsp3) is 0.111. The van der Waals surface area contributed by atoms with E-state index in [2.05, 4.69) is 151 Å². The van der Waals surface area contributed by atoms with Crippen molar-refractivity contribution >= 4 is 33.2 Å². The summed E-state index contributed by atoms with van der Waals surface area (Å²) >= 11 is 0. The van der Waals surface area contributed by atoms with Crippen LogP contribution in [0.25, 0.3) is 49.7 Å². The fourth-order valence-electron chi connectivity index (χ4n) is 7.85. The highest BCUT2D eigenvalue weighted by atomic mass is 19.1. The van der Waals surface area contributed by atoms with Crippen LogP contribution in [-0.4, -0.2) is 4.57 Å². The molecule has 0 radical (unpaired) electrons. The number of allylic oxidation sites excluding steroid dienone is 3. The van der Waals surface area contributed by atoms with Crippen molar-refractivity contribution in [3.05, 3.63) is 174 Å². The number of nitrogens with zero attached hydrogens (tertiary/aromatic N) is 2. The molecule has 0 atom stereocenters. The Morgan fingerprint density at radius 1 is 0.604 bits per heavy atom. The molecule has 48 heavy (non-hydrogen) atoms. The van der Waals surface area contributed by atoms with Crippen LogP contribution in [-0.2, 0) is 5.41 Å². The zero-order valence-corrected chi connectivity index (χ0v) is 27.1. The third kappa shape index (κ3) is 4.46. The summed E-state index contributed by atoms with van der Waals surface area (Å²) in [7, 11) is 0. The number of anilines is 2. The summed E-state index contributed by atoms with van der Waals surface area (Å²) in [5, 5.41) is 2.55. The van der Waals surface area contributed by atoms with Crippen molar-refractivity contribution in [1.29, 1.82) is 0 Å². The van der Waals surface area contributed by atoms with Gasteiger partial charge in [-0.2, -0.15) is 0 Å². The van der Waals surface area contributed by atoms with Crippen molar-refractivity contribution in [3.8, 4) is 27.9 Å². The molecule has 0 unspecified atom stereocenters. The maximum absolute atomic E-state index is 13.6. The van der Waals surface area contributed by atoms with E-state index in [0.717, 1.165) is 35.3 Å². The van der Waals surface area contributed by atoms with E-state index in [1.807, 2.05) is 12.1 Å². The molecule has 1 heterocycles. The van der Waals surface area contributed by atoms with Crippen LogP contribution in [0.15, 0.2) is 157 Å². The molecular formula is C45H35FN2. The van der Waals surface area contributed by atoms with Gasteiger partial charge in [0.15, 0.2) is 0 Å². The van der Waals surface area contributed by atoms with Crippen LogP contribution < -0.4 is 4.90 Å². The lowest BCUT2D eigenvalue weighted by atomic mass is 9.82. The van der Waals surface area contributed by atoms with Gasteiger partial charge >= 0.3 is 0 Å². The minimum Gasteiger partial charge on any atom is -0.311 e. The minimum atomic E-state index is -0.220. The summed E-state index contributed by atoms with van der Waals surface area (Å²) in [6, 6.07) is 46.7. The average molecular weight is 623 g/mol. The molecule has 7 aromatic rings. The molecule has 2 aliphatic rings. The van der Waals surface area contributed by atoms with E-state index >= 15 is 0 Å². The fourth-order valence-corrected chi connectivity index (χ4v) is 7.85.